The van der Waals surface area contributed by atoms with Gasteiger partial charge in [-0.2, -0.15) is 5.10 Å². The van der Waals surface area contributed by atoms with E-state index in [0.29, 0.717) is 17.1 Å². The maximum atomic E-state index is 13.5. The summed E-state index contributed by atoms with van der Waals surface area (Å²) in [7, 11) is 3.25. The number of anilines is 1. The monoisotopic (exact) mass is 471 g/mol. The Morgan fingerprint density at radius 3 is 2.35 bits per heavy atom. The summed E-state index contributed by atoms with van der Waals surface area (Å²) in [6.07, 6.45) is -1.12. The van der Waals surface area contributed by atoms with Crippen LogP contribution in [0.2, 0.25) is 0 Å². The first-order chi connectivity index (χ1) is 16.1. The number of amides is 4. The van der Waals surface area contributed by atoms with Crippen LogP contribution < -0.4 is 21.1 Å². The van der Waals surface area contributed by atoms with Gasteiger partial charge in [0, 0.05) is 44.3 Å². The van der Waals surface area contributed by atoms with Gasteiger partial charge in [-0.1, -0.05) is 20.8 Å². The van der Waals surface area contributed by atoms with E-state index in [2.05, 4.69) is 15.7 Å². The minimum atomic E-state index is -1.12. The van der Waals surface area contributed by atoms with Gasteiger partial charge in [0.2, 0.25) is 0 Å². The smallest absolute Gasteiger partial charge is 0.323 e. The fourth-order valence-electron chi connectivity index (χ4n) is 3.67. The van der Waals surface area contributed by atoms with Gasteiger partial charge in [-0.25, -0.2) is 4.79 Å². The third kappa shape index (κ3) is 5.30. The molecule has 1 aromatic heterocycles. The van der Waals surface area contributed by atoms with Crippen LogP contribution in [-0.4, -0.2) is 76.9 Å². The molecule has 1 fully saturated rings. The Balaban J connectivity index is 1.86. The summed E-state index contributed by atoms with van der Waals surface area (Å²) >= 11 is 0. The second-order valence-corrected chi connectivity index (χ2v) is 9.09. The SMILES string of the molecule is COc1ccc(NC(=O)N2CCN(C(=O)c3cc(C(C)(C)C)nn3C)C2C(=O)NCCN)cc1. The lowest BCUT2D eigenvalue weighted by Crippen LogP contribution is -2.55. The number of benzene rings is 1. The van der Waals surface area contributed by atoms with Crippen LogP contribution in [0.5, 0.6) is 5.75 Å². The highest BCUT2D eigenvalue weighted by Gasteiger charge is 2.43. The molecule has 184 valence electrons. The number of aromatic nitrogens is 2. The fraction of sp³-hybridized carbons (Fsp3) is 0.478. The van der Waals surface area contributed by atoms with E-state index in [-0.39, 0.29) is 37.5 Å². The molecule has 2 aromatic rings. The molecule has 0 aliphatic carbocycles. The molecular formula is C23H33N7O4. The van der Waals surface area contributed by atoms with Crippen LogP contribution >= 0.6 is 0 Å². The molecule has 0 bridgehead atoms. The number of carbonyl (C=O) groups excluding carboxylic acids is 3. The van der Waals surface area contributed by atoms with Crippen molar-refractivity contribution in [3.05, 3.63) is 41.7 Å². The van der Waals surface area contributed by atoms with E-state index in [9.17, 15) is 14.4 Å². The maximum absolute atomic E-state index is 13.5. The summed E-state index contributed by atoms with van der Waals surface area (Å²) in [6, 6.07) is 8.07. The summed E-state index contributed by atoms with van der Waals surface area (Å²) in [5, 5.41) is 9.95. The van der Waals surface area contributed by atoms with Crippen molar-refractivity contribution >= 4 is 23.5 Å². The molecule has 4 amide bonds. The second kappa shape index (κ2) is 10.1. The zero-order valence-corrected chi connectivity index (χ0v) is 20.3. The molecule has 3 rings (SSSR count). The number of urea groups is 1. The standard InChI is InChI=1S/C23H33N7O4/c1-23(2,3)18-14-17(28(4)27-18)21(32)29-12-13-30(20(29)19(31)25-11-10-24)22(33)26-15-6-8-16(34-5)9-7-15/h6-9,14,20H,10-13,24H2,1-5H3,(H,25,31)(H,26,33). The van der Waals surface area contributed by atoms with Gasteiger partial charge in [0.05, 0.1) is 12.8 Å². The molecule has 1 aliphatic heterocycles. The number of hydrogen-bond acceptors (Lipinski definition) is 6. The Hall–Kier alpha value is -3.60. The van der Waals surface area contributed by atoms with Gasteiger partial charge in [0.25, 0.3) is 11.8 Å². The Kier molecular flexibility index (Phi) is 7.45. The predicted molar refractivity (Wildman–Crippen MR) is 128 cm³/mol. The van der Waals surface area contributed by atoms with Crippen molar-refractivity contribution in [2.45, 2.75) is 32.4 Å². The van der Waals surface area contributed by atoms with E-state index >= 15 is 0 Å². The van der Waals surface area contributed by atoms with Crippen LogP contribution in [-0.2, 0) is 17.3 Å². The number of nitrogens with zero attached hydrogens (tertiary/aromatic N) is 4. The van der Waals surface area contributed by atoms with E-state index in [1.807, 2.05) is 20.8 Å². The van der Waals surface area contributed by atoms with Gasteiger partial charge >= 0.3 is 6.03 Å². The summed E-state index contributed by atoms with van der Waals surface area (Å²) in [5.41, 5.74) is 6.93. The highest BCUT2D eigenvalue weighted by atomic mass is 16.5. The van der Waals surface area contributed by atoms with E-state index in [1.165, 1.54) is 14.5 Å². The Morgan fingerprint density at radius 2 is 1.79 bits per heavy atom. The number of nitrogens with one attached hydrogen (secondary N) is 2. The van der Waals surface area contributed by atoms with Gasteiger partial charge in [0.15, 0.2) is 6.17 Å². The average Bonchev–Trinajstić information content (AvgIpc) is 3.41. The molecular weight excluding hydrogens is 438 g/mol. The molecule has 11 nitrogen and oxygen atoms in total. The summed E-state index contributed by atoms with van der Waals surface area (Å²) in [4.78, 5) is 42.3. The van der Waals surface area contributed by atoms with E-state index < -0.39 is 18.1 Å². The molecule has 1 unspecified atom stereocenters. The molecule has 0 radical (unpaired) electrons. The van der Waals surface area contributed by atoms with E-state index in [4.69, 9.17) is 10.5 Å². The fourth-order valence-corrected chi connectivity index (χ4v) is 3.67. The minimum absolute atomic E-state index is 0.193. The van der Waals surface area contributed by atoms with Gasteiger partial charge in [-0.3, -0.25) is 19.2 Å². The number of aryl methyl sites for hydroxylation is 1. The van der Waals surface area contributed by atoms with Crippen LogP contribution in [0.3, 0.4) is 0 Å². The summed E-state index contributed by atoms with van der Waals surface area (Å²) < 4.78 is 6.65. The largest absolute Gasteiger partial charge is 0.497 e. The normalized spacial score (nSPS) is 15.9. The minimum Gasteiger partial charge on any atom is -0.497 e. The quantitative estimate of drug-likeness (QED) is 0.578. The van der Waals surface area contributed by atoms with E-state index in [0.717, 1.165) is 5.69 Å². The van der Waals surface area contributed by atoms with Crippen molar-refractivity contribution in [1.29, 1.82) is 0 Å². The lowest BCUT2D eigenvalue weighted by atomic mass is 9.92. The van der Waals surface area contributed by atoms with Crippen molar-refractivity contribution in [2.24, 2.45) is 12.8 Å². The Morgan fingerprint density at radius 1 is 1.15 bits per heavy atom. The first-order valence-electron chi connectivity index (χ1n) is 11.1. The highest BCUT2D eigenvalue weighted by molar-refractivity contribution is 6.00. The average molecular weight is 472 g/mol. The van der Waals surface area contributed by atoms with Crippen LogP contribution in [0.15, 0.2) is 30.3 Å². The molecule has 1 saturated heterocycles. The predicted octanol–water partition coefficient (Wildman–Crippen LogP) is 1.12. The van der Waals surface area contributed by atoms with Crippen LogP contribution in [0.4, 0.5) is 10.5 Å². The number of nitrogens with two attached hydrogens (primary N) is 1. The summed E-state index contributed by atoms with van der Waals surface area (Å²) in [5.74, 6) is -0.196. The number of hydrogen-bond donors (Lipinski definition) is 3. The second-order valence-electron chi connectivity index (χ2n) is 9.09. The Bertz CT molecular complexity index is 1040. The topological polar surface area (TPSA) is 135 Å². The van der Waals surface area contributed by atoms with Crippen LogP contribution in [0.1, 0.15) is 37.0 Å². The Labute approximate surface area is 199 Å². The molecule has 2 heterocycles. The van der Waals surface area contributed by atoms with Gasteiger partial charge < -0.3 is 26.0 Å². The number of carbonyl (C=O) groups is 3. The first kappa shape index (κ1) is 25.0. The number of ether oxygens (including phenoxy) is 1. The highest BCUT2D eigenvalue weighted by Crippen LogP contribution is 2.25. The molecule has 0 saturated carbocycles. The zero-order chi connectivity index (χ0) is 25.0. The zero-order valence-electron chi connectivity index (χ0n) is 20.3. The number of rotatable bonds is 6. The van der Waals surface area contributed by atoms with Crippen molar-refractivity contribution < 1.29 is 19.1 Å². The third-order valence-electron chi connectivity index (χ3n) is 5.58. The van der Waals surface area contributed by atoms with Crippen molar-refractivity contribution in [1.82, 2.24) is 24.9 Å². The molecule has 0 spiro atoms. The molecule has 11 heteroatoms. The van der Waals surface area contributed by atoms with Crippen molar-refractivity contribution in [3.8, 4) is 5.75 Å². The molecule has 1 aromatic carbocycles. The molecule has 34 heavy (non-hydrogen) atoms. The maximum Gasteiger partial charge on any atom is 0.323 e. The van der Waals surface area contributed by atoms with Crippen molar-refractivity contribution in [3.63, 3.8) is 0 Å². The lowest BCUT2D eigenvalue weighted by Gasteiger charge is -2.29. The van der Waals surface area contributed by atoms with Crippen LogP contribution in [0.25, 0.3) is 0 Å². The molecule has 1 atom stereocenters. The first-order valence-corrected chi connectivity index (χ1v) is 11.1. The summed E-state index contributed by atoms with van der Waals surface area (Å²) in [6.45, 7) is 6.88. The van der Waals surface area contributed by atoms with Crippen molar-refractivity contribution in [2.75, 3.05) is 38.6 Å². The van der Waals surface area contributed by atoms with Gasteiger partial charge in [-0.15, -0.1) is 0 Å². The lowest BCUT2D eigenvalue weighted by molar-refractivity contribution is -0.127. The van der Waals surface area contributed by atoms with Gasteiger partial charge in [-0.05, 0) is 30.3 Å². The molecule has 4 N–H and O–H groups in total. The van der Waals surface area contributed by atoms with E-state index in [1.54, 1.807) is 44.5 Å². The van der Waals surface area contributed by atoms with Crippen LogP contribution in [0, 0.1) is 0 Å². The molecule has 1 aliphatic rings. The third-order valence-corrected chi connectivity index (χ3v) is 5.58. The van der Waals surface area contributed by atoms with Gasteiger partial charge in [0.1, 0.15) is 11.4 Å². The number of methoxy groups -OCH3 is 1.